The van der Waals surface area contributed by atoms with Crippen molar-refractivity contribution in [3.05, 3.63) is 76.5 Å². The van der Waals surface area contributed by atoms with E-state index in [9.17, 15) is 0 Å². The van der Waals surface area contributed by atoms with Crippen molar-refractivity contribution < 1.29 is 9.15 Å². The lowest BCUT2D eigenvalue weighted by Crippen LogP contribution is -2.29. The summed E-state index contributed by atoms with van der Waals surface area (Å²) in [6, 6.07) is 19.0. The highest BCUT2D eigenvalue weighted by Gasteiger charge is 2.29. The van der Waals surface area contributed by atoms with Crippen molar-refractivity contribution in [1.29, 1.82) is 0 Å². The molecule has 0 unspecified atom stereocenters. The Morgan fingerprint density at radius 1 is 1.11 bits per heavy atom. The fraction of sp³-hybridized carbons (Fsp3) is 0.333. The van der Waals surface area contributed by atoms with E-state index >= 15 is 0 Å². The Labute approximate surface area is 164 Å². The van der Waals surface area contributed by atoms with Crippen LogP contribution in [0.25, 0.3) is 0 Å². The van der Waals surface area contributed by atoms with Crippen molar-refractivity contribution in [3.63, 3.8) is 0 Å². The van der Waals surface area contributed by atoms with Gasteiger partial charge in [-0.25, -0.2) is 4.68 Å². The van der Waals surface area contributed by atoms with E-state index in [0.717, 1.165) is 17.9 Å². The zero-order valence-electron chi connectivity index (χ0n) is 15.4. The summed E-state index contributed by atoms with van der Waals surface area (Å²) in [6.07, 6.45) is 3.09. The third-order valence-corrected chi connectivity index (χ3v) is 5.06. The smallest absolute Gasteiger partial charge is 0.288 e. The number of methoxy groups -OCH3 is 1. The lowest BCUT2D eigenvalue weighted by molar-refractivity contribution is 0.184. The summed E-state index contributed by atoms with van der Waals surface area (Å²) in [7, 11) is 1.69. The number of benzene rings is 2. The third kappa shape index (κ3) is 4.64. The van der Waals surface area contributed by atoms with Crippen LogP contribution in [0, 0.1) is 4.84 Å². The van der Waals surface area contributed by atoms with Gasteiger partial charge in [0.25, 0.3) is 4.84 Å². The first-order valence-corrected chi connectivity index (χ1v) is 9.60. The Balaban J connectivity index is 1.46. The van der Waals surface area contributed by atoms with Crippen molar-refractivity contribution >= 4 is 12.2 Å². The molecule has 140 valence electrons. The largest absolute Gasteiger partial charge is 0.497 e. The van der Waals surface area contributed by atoms with Crippen LogP contribution in [0.3, 0.4) is 0 Å². The van der Waals surface area contributed by atoms with Gasteiger partial charge in [-0.1, -0.05) is 42.5 Å². The molecule has 2 aromatic carbocycles. The van der Waals surface area contributed by atoms with Crippen LogP contribution in [-0.4, -0.2) is 27.8 Å². The van der Waals surface area contributed by atoms with E-state index in [1.807, 2.05) is 30.3 Å². The molecule has 1 heterocycles. The monoisotopic (exact) mass is 381 g/mol. The standard InChI is InChI=1S/C21H23N3O2S/c1-25-19-11-7-17(8-12-19)14-23(18-9-10-18)15-24-21(27)26-20(22-24)13-16-5-3-2-4-6-16/h2-8,11-12,18H,9-10,13-15H2,1H3. The molecular weight excluding hydrogens is 358 g/mol. The molecule has 27 heavy (non-hydrogen) atoms. The van der Waals surface area contributed by atoms with Crippen LogP contribution in [0.15, 0.2) is 59.0 Å². The summed E-state index contributed by atoms with van der Waals surface area (Å²) in [5, 5.41) is 4.61. The second-order valence-electron chi connectivity index (χ2n) is 6.89. The van der Waals surface area contributed by atoms with E-state index in [1.54, 1.807) is 11.8 Å². The van der Waals surface area contributed by atoms with Gasteiger partial charge in [0.2, 0.25) is 5.89 Å². The average molecular weight is 382 g/mol. The molecule has 1 fully saturated rings. The van der Waals surface area contributed by atoms with Gasteiger partial charge in [0, 0.05) is 12.6 Å². The molecule has 0 radical (unpaired) electrons. The Hall–Kier alpha value is -2.44. The van der Waals surface area contributed by atoms with Gasteiger partial charge >= 0.3 is 0 Å². The van der Waals surface area contributed by atoms with Gasteiger partial charge in [0.05, 0.1) is 20.2 Å². The van der Waals surface area contributed by atoms with Crippen LogP contribution in [0.5, 0.6) is 5.75 Å². The van der Waals surface area contributed by atoms with Gasteiger partial charge in [-0.2, -0.15) is 0 Å². The van der Waals surface area contributed by atoms with Crippen LogP contribution in [0.1, 0.15) is 29.9 Å². The van der Waals surface area contributed by atoms with E-state index in [4.69, 9.17) is 21.4 Å². The molecule has 5 nitrogen and oxygen atoms in total. The summed E-state index contributed by atoms with van der Waals surface area (Å²) >= 11 is 5.40. The maximum atomic E-state index is 5.72. The number of aromatic nitrogens is 2. The van der Waals surface area contributed by atoms with Crippen molar-refractivity contribution in [2.75, 3.05) is 7.11 Å². The molecule has 6 heteroatoms. The van der Waals surface area contributed by atoms with Gasteiger partial charge in [0.1, 0.15) is 5.75 Å². The van der Waals surface area contributed by atoms with Gasteiger partial charge < -0.3 is 9.15 Å². The maximum absolute atomic E-state index is 5.72. The van der Waals surface area contributed by atoms with E-state index < -0.39 is 0 Å². The first-order valence-electron chi connectivity index (χ1n) is 9.19. The van der Waals surface area contributed by atoms with Crippen LogP contribution >= 0.6 is 12.2 Å². The molecule has 1 aromatic heterocycles. The predicted molar refractivity (Wildman–Crippen MR) is 106 cm³/mol. The molecule has 0 aliphatic heterocycles. The Morgan fingerprint density at radius 3 is 2.52 bits per heavy atom. The Kier molecular flexibility index (Phi) is 5.36. The summed E-state index contributed by atoms with van der Waals surface area (Å²) < 4.78 is 12.8. The molecule has 0 bridgehead atoms. The van der Waals surface area contributed by atoms with Crippen LogP contribution in [0.4, 0.5) is 0 Å². The molecule has 1 aliphatic carbocycles. The molecule has 4 rings (SSSR count). The summed E-state index contributed by atoms with van der Waals surface area (Å²) in [4.78, 5) is 2.84. The quantitative estimate of drug-likeness (QED) is 0.540. The highest BCUT2D eigenvalue weighted by atomic mass is 32.1. The number of nitrogens with zero attached hydrogens (tertiary/aromatic N) is 3. The molecule has 0 saturated heterocycles. The second kappa shape index (κ2) is 8.06. The summed E-state index contributed by atoms with van der Waals surface area (Å²) in [6.45, 7) is 1.51. The summed E-state index contributed by atoms with van der Waals surface area (Å²) in [5.74, 6) is 1.53. The van der Waals surface area contributed by atoms with E-state index in [2.05, 4.69) is 34.3 Å². The topological polar surface area (TPSA) is 43.4 Å². The highest BCUT2D eigenvalue weighted by molar-refractivity contribution is 7.71. The first kappa shape index (κ1) is 17.9. The molecule has 0 atom stereocenters. The summed E-state index contributed by atoms with van der Waals surface area (Å²) in [5.41, 5.74) is 2.42. The van der Waals surface area contributed by atoms with E-state index in [0.29, 0.717) is 29.9 Å². The van der Waals surface area contributed by atoms with Crippen molar-refractivity contribution in [3.8, 4) is 5.75 Å². The van der Waals surface area contributed by atoms with Crippen LogP contribution in [-0.2, 0) is 19.6 Å². The predicted octanol–water partition coefficient (Wildman–Crippen LogP) is 4.43. The molecule has 0 N–H and O–H groups in total. The highest BCUT2D eigenvalue weighted by Crippen LogP contribution is 2.29. The second-order valence-corrected chi connectivity index (χ2v) is 7.24. The number of hydrogen-bond acceptors (Lipinski definition) is 5. The van der Waals surface area contributed by atoms with Gasteiger partial charge in [-0.05, 0) is 48.3 Å². The third-order valence-electron chi connectivity index (χ3n) is 4.77. The lowest BCUT2D eigenvalue weighted by atomic mass is 10.2. The molecular formula is C21H23N3O2S. The number of hydrogen-bond donors (Lipinski definition) is 0. The fourth-order valence-electron chi connectivity index (χ4n) is 3.15. The minimum atomic E-state index is 0.432. The number of ether oxygens (including phenoxy) is 1. The van der Waals surface area contributed by atoms with Gasteiger partial charge in [-0.15, -0.1) is 5.10 Å². The number of rotatable bonds is 8. The zero-order chi connectivity index (χ0) is 18.6. The Morgan fingerprint density at radius 2 is 1.85 bits per heavy atom. The van der Waals surface area contributed by atoms with Crippen LogP contribution in [0.2, 0.25) is 0 Å². The van der Waals surface area contributed by atoms with Gasteiger partial charge in [0.15, 0.2) is 0 Å². The Bertz CT molecular complexity index is 930. The SMILES string of the molecule is COc1ccc(CN(Cn2nc(Cc3ccccc3)oc2=S)C2CC2)cc1. The van der Waals surface area contributed by atoms with Crippen LogP contribution < -0.4 is 4.74 Å². The normalized spacial score (nSPS) is 13.9. The molecule has 1 aliphatic rings. The molecule has 0 amide bonds. The van der Waals surface area contributed by atoms with Crippen molar-refractivity contribution in [2.45, 2.75) is 38.5 Å². The van der Waals surface area contributed by atoms with E-state index in [1.165, 1.54) is 18.4 Å². The fourth-order valence-corrected chi connectivity index (χ4v) is 3.35. The first-order chi connectivity index (χ1) is 13.2. The minimum absolute atomic E-state index is 0.432. The van der Waals surface area contributed by atoms with Crippen molar-refractivity contribution in [1.82, 2.24) is 14.7 Å². The van der Waals surface area contributed by atoms with E-state index in [-0.39, 0.29) is 0 Å². The van der Waals surface area contributed by atoms with Gasteiger partial charge in [-0.3, -0.25) is 4.90 Å². The molecule has 0 spiro atoms. The molecule has 3 aromatic rings. The zero-order valence-corrected chi connectivity index (χ0v) is 16.2. The maximum Gasteiger partial charge on any atom is 0.288 e. The van der Waals surface area contributed by atoms with Crippen molar-refractivity contribution in [2.24, 2.45) is 0 Å². The molecule has 1 saturated carbocycles. The average Bonchev–Trinajstić information content (AvgIpc) is 3.48. The lowest BCUT2D eigenvalue weighted by Gasteiger charge is -2.21. The minimum Gasteiger partial charge on any atom is -0.497 e.